The lowest BCUT2D eigenvalue weighted by molar-refractivity contribution is -0.966. The first-order chi connectivity index (χ1) is 7.39. The fourth-order valence-corrected chi connectivity index (χ4v) is 1.86. The van der Waals surface area contributed by atoms with Crippen LogP contribution in [0, 0.1) is 0 Å². The van der Waals surface area contributed by atoms with Gasteiger partial charge in [0.2, 0.25) is 0 Å². The maximum Gasteiger partial charge on any atom is 0.105 e. The summed E-state index contributed by atoms with van der Waals surface area (Å²) in [6.45, 7) is 8.67. The lowest BCUT2D eigenvalue weighted by Gasteiger charge is -2.45. The number of aliphatic hydroxyl groups is 1. The highest BCUT2D eigenvalue weighted by atomic mass is 16.3. The number of nitrogens with zero attached hydrogens (tertiary/aromatic N) is 1. The van der Waals surface area contributed by atoms with Gasteiger partial charge in [0.25, 0.3) is 0 Å². The Kier molecular flexibility index (Phi) is 4.11. The van der Waals surface area contributed by atoms with E-state index >= 15 is 0 Å². The van der Waals surface area contributed by atoms with Crippen LogP contribution in [-0.2, 0) is 6.54 Å². The molecule has 0 fully saturated rings. The first kappa shape index (κ1) is 13.2. The van der Waals surface area contributed by atoms with Crippen LogP contribution in [0.4, 0.5) is 0 Å². The Morgan fingerprint density at radius 2 is 1.69 bits per heavy atom. The highest BCUT2D eigenvalue weighted by Gasteiger charge is 2.35. The minimum atomic E-state index is 0.137. The van der Waals surface area contributed by atoms with Gasteiger partial charge in [-0.1, -0.05) is 30.3 Å². The number of likely N-dealkylation sites (N-methyl/N-ethyl adjacent to an activating group) is 1. The van der Waals surface area contributed by atoms with E-state index in [-0.39, 0.29) is 12.1 Å². The van der Waals surface area contributed by atoms with Crippen LogP contribution in [0.15, 0.2) is 30.3 Å². The van der Waals surface area contributed by atoms with E-state index in [9.17, 15) is 5.11 Å². The molecule has 0 heterocycles. The van der Waals surface area contributed by atoms with Gasteiger partial charge in [-0.25, -0.2) is 0 Å². The first-order valence-corrected chi connectivity index (χ1v) is 5.88. The Hall–Kier alpha value is -0.860. The molecule has 1 aromatic rings. The SMILES string of the molecule is CC(C)(C)[N+](C)(CCO)Cc1ccccc1. The van der Waals surface area contributed by atoms with Crippen molar-refractivity contribution in [3.05, 3.63) is 35.9 Å². The molecule has 0 spiro atoms. The molecule has 1 N–H and O–H groups in total. The molecular formula is C14H24NO+. The van der Waals surface area contributed by atoms with Crippen LogP contribution in [0.2, 0.25) is 0 Å². The molecule has 0 saturated heterocycles. The smallest absolute Gasteiger partial charge is 0.105 e. The van der Waals surface area contributed by atoms with Crippen LogP contribution in [0.3, 0.4) is 0 Å². The molecular weight excluding hydrogens is 198 g/mol. The Morgan fingerprint density at radius 1 is 1.12 bits per heavy atom. The molecule has 0 radical (unpaired) electrons. The third kappa shape index (κ3) is 3.06. The third-order valence-corrected chi connectivity index (χ3v) is 3.59. The summed E-state index contributed by atoms with van der Waals surface area (Å²) in [5, 5.41) is 9.23. The lowest BCUT2D eigenvalue weighted by Crippen LogP contribution is -2.57. The fraction of sp³-hybridized carbons (Fsp3) is 0.571. The predicted octanol–water partition coefficient (Wildman–Crippen LogP) is 2.42. The second-order valence-corrected chi connectivity index (χ2v) is 5.66. The summed E-state index contributed by atoms with van der Waals surface area (Å²) in [6.07, 6.45) is 0. The van der Waals surface area contributed by atoms with Gasteiger partial charge in [0.15, 0.2) is 0 Å². The Labute approximate surface area is 99.1 Å². The number of quaternary nitrogens is 1. The van der Waals surface area contributed by atoms with E-state index in [2.05, 4.69) is 52.1 Å². The Morgan fingerprint density at radius 3 is 2.12 bits per heavy atom. The monoisotopic (exact) mass is 222 g/mol. The molecule has 16 heavy (non-hydrogen) atoms. The van der Waals surface area contributed by atoms with Crippen molar-refractivity contribution in [2.45, 2.75) is 32.9 Å². The Bertz CT molecular complexity index is 315. The maximum absolute atomic E-state index is 9.23. The zero-order valence-electron chi connectivity index (χ0n) is 10.9. The molecule has 0 aliphatic rings. The van der Waals surface area contributed by atoms with E-state index < -0.39 is 0 Å². The summed E-state index contributed by atoms with van der Waals surface area (Å²) in [5.41, 5.74) is 1.46. The van der Waals surface area contributed by atoms with Crippen molar-refractivity contribution < 1.29 is 9.59 Å². The van der Waals surface area contributed by atoms with Crippen LogP contribution in [0.5, 0.6) is 0 Å². The van der Waals surface area contributed by atoms with Crippen molar-refractivity contribution in [3.8, 4) is 0 Å². The second kappa shape index (κ2) is 4.98. The summed E-state index contributed by atoms with van der Waals surface area (Å²) < 4.78 is 0.855. The van der Waals surface area contributed by atoms with Crippen molar-refractivity contribution in [2.75, 3.05) is 20.2 Å². The van der Waals surface area contributed by atoms with Gasteiger partial charge in [-0.3, -0.25) is 0 Å². The van der Waals surface area contributed by atoms with E-state index in [0.29, 0.717) is 0 Å². The van der Waals surface area contributed by atoms with Crippen LogP contribution in [-0.4, -0.2) is 35.3 Å². The molecule has 1 unspecified atom stereocenters. The van der Waals surface area contributed by atoms with Crippen LogP contribution >= 0.6 is 0 Å². The topological polar surface area (TPSA) is 20.2 Å². The zero-order chi connectivity index (χ0) is 12.2. The van der Waals surface area contributed by atoms with E-state index in [1.165, 1.54) is 5.56 Å². The van der Waals surface area contributed by atoms with Crippen molar-refractivity contribution in [3.63, 3.8) is 0 Å². The number of hydrogen-bond donors (Lipinski definition) is 1. The van der Waals surface area contributed by atoms with Gasteiger partial charge in [-0.05, 0) is 20.8 Å². The quantitative estimate of drug-likeness (QED) is 0.776. The molecule has 1 atom stereocenters. The fourth-order valence-electron chi connectivity index (χ4n) is 1.86. The van der Waals surface area contributed by atoms with Gasteiger partial charge in [-0.15, -0.1) is 0 Å². The summed E-state index contributed by atoms with van der Waals surface area (Å²) in [5.74, 6) is 0. The van der Waals surface area contributed by atoms with Gasteiger partial charge in [-0.2, -0.15) is 0 Å². The molecule has 2 heteroatoms. The number of benzene rings is 1. The van der Waals surface area contributed by atoms with Gasteiger partial charge in [0, 0.05) is 5.56 Å². The van der Waals surface area contributed by atoms with Crippen molar-refractivity contribution in [1.82, 2.24) is 0 Å². The van der Waals surface area contributed by atoms with Crippen molar-refractivity contribution in [1.29, 1.82) is 0 Å². The molecule has 0 aromatic heterocycles. The van der Waals surface area contributed by atoms with E-state index in [0.717, 1.165) is 17.6 Å². The van der Waals surface area contributed by atoms with Crippen LogP contribution < -0.4 is 0 Å². The standard InChI is InChI=1S/C14H24NO/c1-14(2,3)15(4,10-11-16)12-13-8-6-5-7-9-13/h5-9,16H,10-12H2,1-4H3/q+1. The molecule has 0 aliphatic heterocycles. The molecule has 0 bridgehead atoms. The summed E-state index contributed by atoms with van der Waals surface area (Å²) in [7, 11) is 2.21. The number of rotatable bonds is 4. The first-order valence-electron chi connectivity index (χ1n) is 5.88. The highest BCUT2D eigenvalue weighted by Crippen LogP contribution is 2.25. The van der Waals surface area contributed by atoms with Gasteiger partial charge < -0.3 is 9.59 Å². The van der Waals surface area contributed by atoms with E-state index in [1.54, 1.807) is 0 Å². The number of aliphatic hydroxyl groups excluding tert-OH is 1. The summed E-state index contributed by atoms with van der Waals surface area (Å²) in [4.78, 5) is 0. The summed E-state index contributed by atoms with van der Waals surface area (Å²) >= 11 is 0. The molecule has 0 amide bonds. The second-order valence-electron chi connectivity index (χ2n) is 5.66. The van der Waals surface area contributed by atoms with Gasteiger partial charge >= 0.3 is 0 Å². The van der Waals surface area contributed by atoms with E-state index in [1.807, 2.05) is 6.07 Å². The molecule has 1 rings (SSSR count). The zero-order valence-corrected chi connectivity index (χ0v) is 10.9. The molecule has 1 aromatic carbocycles. The molecule has 0 saturated carbocycles. The van der Waals surface area contributed by atoms with Gasteiger partial charge in [0.05, 0.1) is 19.2 Å². The number of hydrogen-bond acceptors (Lipinski definition) is 1. The molecule has 90 valence electrons. The van der Waals surface area contributed by atoms with Gasteiger partial charge in [0.1, 0.15) is 13.1 Å². The lowest BCUT2D eigenvalue weighted by atomic mass is 10.0. The van der Waals surface area contributed by atoms with Crippen molar-refractivity contribution >= 4 is 0 Å². The van der Waals surface area contributed by atoms with Crippen LogP contribution in [0.1, 0.15) is 26.3 Å². The maximum atomic E-state index is 9.23. The largest absolute Gasteiger partial charge is 0.391 e. The average Bonchev–Trinajstić information content (AvgIpc) is 2.17. The van der Waals surface area contributed by atoms with Crippen LogP contribution in [0.25, 0.3) is 0 Å². The normalized spacial score (nSPS) is 15.8. The minimum Gasteiger partial charge on any atom is -0.391 e. The summed E-state index contributed by atoms with van der Waals surface area (Å²) in [6, 6.07) is 10.5. The molecule has 0 aliphatic carbocycles. The minimum absolute atomic E-state index is 0.137. The Balaban J connectivity index is 2.88. The van der Waals surface area contributed by atoms with E-state index in [4.69, 9.17) is 0 Å². The predicted molar refractivity (Wildman–Crippen MR) is 68.0 cm³/mol. The van der Waals surface area contributed by atoms with Crippen molar-refractivity contribution in [2.24, 2.45) is 0 Å². The highest BCUT2D eigenvalue weighted by molar-refractivity contribution is 5.13. The molecule has 2 nitrogen and oxygen atoms in total. The average molecular weight is 222 g/mol. The third-order valence-electron chi connectivity index (χ3n) is 3.59.